The molecule has 1 saturated heterocycles. The average molecular weight is 463 g/mol. The topological polar surface area (TPSA) is 85.1 Å². The first-order valence-corrected chi connectivity index (χ1v) is 11.2. The summed E-state index contributed by atoms with van der Waals surface area (Å²) in [5.74, 6) is -0.465. The number of halogens is 1. The van der Waals surface area contributed by atoms with Crippen molar-refractivity contribution in [2.24, 2.45) is 4.99 Å². The molecule has 31 heavy (non-hydrogen) atoms. The molecule has 0 spiro atoms. The van der Waals surface area contributed by atoms with E-state index in [9.17, 15) is 14.4 Å². The number of anilines is 1. The van der Waals surface area contributed by atoms with Gasteiger partial charge in [-0.1, -0.05) is 23.7 Å². The van der Waals surface area contributed by atoms with Gasteiger partial charge in [-0.3, -0.25) is 19.1 Å². The lowest BCUT2D eigenvalue weighted by Crippen LogP contribution is -2.61. The highest BCUT2D eigenvalue weighted by Gasteiger charge is 2.53. The van der Waals surface area contributed by atoms with E-state index >= 15 is 0 Å². The van der Waals surface area contributed by atoms with Crippen LogP contribution in [-0.2, 0) is 9.59 Å². The van der Waals surface area contributed by atoms with Crippen LogP contribution in [0, 0.1) is 6.92 Å². The van der Waals surface area contributed by atoms with E-state index in [0.29, 0.717) is 21.7 Å². The normalized spacial score (nSPS) is 18.1. The van der Waals surface area contributed by atoms with E-state index in [-0.39, 0.29) is 19.0 Å². The van der Waals surface area contributed by atoms with E-state index in [1.807, 2.05) is 25.3 Å². The predicted octanol–water partition coefficient (Wildman–Crippen LogP) is 2.96. The van der Waals surface area contributed by atoms with Crippen molar-refractivity contribution in [2.75, 3.05) is 31.5 Å². The molecule has 1 atom stereocenters. The van der Waals surface area contributed by atoms with Crippen molar-refractivity contribution < 1.29 is 19.0 Å². The molecule has 3 rings (SSSR count). The van der Waals surface area contributed by atoms with Crippen molar-refractivity contribution in [1.82, 2.24) is 9.80 Å². The smallest absolute Gasteiger partial charge is 0.324 e. The molecule has 0 radical (unpaired) electrons. The Balaban J connectivity index is 1.92. The molecule has 10 heteroatoms. The number of carbonyl (C=O) groups excluding carboxylic acids is 3. The largest absolute Gasteiger partial charge is 0.357 e. The van der Waals surface area contributed by atoms with Gasteiger partial charge >= 0.3 is 11.2 Å². The second kappa shape index (κ2) is 9.65. The third kappa shape index (κ3) is 4.67. The highest BCUT2D eigenvalue weighted by atomic mass is 35.5. The van der Waals surface area contributed by atoms with Crippen LogP contribution in [0.25, 0.3) is 0 Å². The summed E-state index contributed by atoms with van der Waals surface area (Å²) in [5.41, 5.74) is 1.41. The number of fused-ring (bicyclic) bond motifs is 1. The standard InChI is InChI=1S/C21H24ClN5O3S/c1-5-10-26-19(29)17-18(24-20(31-17)25(6-2)7-3)27(21(26)30)12-16(28)23-15-11-14(22)9-8-13(15)4/h5,8-9,11,17H,1,6-7,10,12H2,2-4H3/p+1. The number of carbonyl (C=O) groups is 3. The molecule has 2 aliphatic rings. The molecule has 0 aliphatic carbocycles. The summed E-state index contributed by atoms with van der Waals surface area (Å²) in [7, 11) is 0. The van der Waals surface area contributed by atoms with Gasteiger partial charge in [0.25, 0.3) is 11.7 Å². The van der Waals surface area contributed by atoms with Crippen molar-refractivity contribution >= 4 is 57.9 Å². The highest BCUT2D eigenvalue weighted by Crippen LogP contribution is 2.31. The molecule has 164 valence electrons. The van der Waals surface area contributed by atoms with Crippen LogP contribution in [0.3, 0.4) is 0 Å². The Morgan fingerprint density at radius 3 is 2.68 bits per heavy atom. The van der Waals surface area contributed by atoms with Crippen LogP contribution in [0.1, 0.15) is 19.4 Å². The Kier molecular flexibility index (Phi) is 7.17. The number of imide groups is 1. The van der Waals surface area contributed by atoms with Gasteiger partial charge in [-0.15, -0.1) is 6.58 Å². The van der Waals surface area contributed by atoms with Crippen molar-refractivity contribution in [3.05, 3.63) is 41.4 Å². The van der Waals surface area contributed by atoms with Gasteiger partial charge in [0.15, 0.2) is 5.25 Å². The summed E-state index contributed by atoms with van der Waals surface area (Å²) in [4.78, 5) is 45.8. The van der Waals surface area contributed by atoms with Gasteiger partial charge in [-0.2, -0.15) is 0 Å². The van der Waals surface area contributed by atoms with Crippen molar-refractivity contribution in [2.45, 2.75) is 26.0 Å². The lowest BCUT2D eigenvalue weighted by molar-refractivity contribution is -0.518. The first-order valence-electron chi connectivity index (χ1n) is 9.97. The molecule has 0 aromatic heterocycles. The first kappa shape index (κ1) is 23.0. The van der Waals surface area contributed by atoms with E-state index in [0.717, 1.165) is 23.6 Å². The molecule has 8 nitrogen and oxygen atoms in total. The van der Waals surface area contributed by atoms with E-state index in [1.54, 1.807) is 18.2 Å². The molecular weight excluding hydrogens is 438 g/mol. The molecule has 2 heterocycles. The van der Waals surface area contributed by atoms with Crippen molar-refractivity contribution in [1.29, 1.82) is 0 Å². The number of nitrogens with one attached hydrogen (secondary N) is 1. The number of hydrogen-bond donors (Lipinski definition) is 1. The quantitative estimate of drug-likeness (QED) is 0.498. The molecule has 1 fully saturated rings. The maximum Gasteiger partial charge on any atom is 0.357 e. The Morgan fingerprint density at radius 2 is 2.03 bits per heavy atom. The fourth-order valence-electron chi connectivity index (χ4n) is 3.33. The third-order valence-corrected chi connectivity index (χ3v) is 6.46. The molecule has 2 aliphatic heterocycles. The SMILES string of the molecule is C=CCN1C(=O)C2SC(=[N+](CC)CC)N=C2N(CC(=O)Nc2cc(Cl)ccc2C)C1=O. The van der Waals surface area contributed by atoms with Gasteiger partial charge in [0.2, 0.25) is 5.91 Å². The van der Waals surface area contributed by atoms with E-state index in [2.05, 4.69) is 16.9 Å². The third-order valence-electron chi connectivity index (χ3n) is 5.02. The van der Waals surface area contributed by atoms with E-state index < -0.39 is 17.2 Å². The minimum absolute atomic E-state index is 0.0636. The predicted molar refractivity (Wildman–Crippen MR) is 124 cm³/mol. The number of amides is 4. The van der Waals surface area contributed by atoms with Crippen LogP contribution in [0.4, 0.5) is 10.5 Å². The number of aliphatic imine (C=N–C) groups is 1. The minimum Gasteiger partial charge on any atom is -0.324 e. The summed E-state index contributed by atoms with van der Waals surface area (Å²) >= 11 is 7.33. The second-order valence-electron chi connectivity index (χ2n) is 7.04. The van der Waals surface area contributed by atoms with Gasteiger partial charge in [0.05, 0.1) is 13.1 Å². The van der Waals surface area contributed by atoms with E-state index in [4.69, 9.17) is 11.6 Å². The molecule has 4 amide bonds. The van der Waals surface area contributed by atoms with Crippen LogP contribution in [0.15, 0.2) is 35.8 Å². The van der Waals surface area contributed by atoms with Crippen LogP contribution in [0.5, 0.6) is 0 Å². The Hall–Kier alpha value is -2.65. The zero-order valence-electron chi connectivity index (χ0n) is 17.7. The maximum absolute atomic E-state index is 13.1. The lowest BCUT2D eigenvalue weighted by Gasteiger charge is -2.33. The van der Waals surface area contributed by atoms with Crippen molar-refractivity contribution in [3.8, 4) is 0 Å². The molecule has 1 N–H and O–H groups in total. The number of amidine groups is 2. The summed E-state index contributed by atoms with van der Waals surface area (Å²) in [6.07, 6.45) is 1.49. The zero-order chi connectivity index (χ0) is 22.7. The fraction of sp³-hybridized carbons (Fsp3) is 0.381. The van der Waals surface area contributed by atoms with Crippen molar-refractivity contribution in [3.63, 3.8) is 0 Å². The average Bonchev–Trinajstić information content (AvgIpc) is 3.17. The van der Waals surface area contributed by atoms with Crippen LogP contribution >= 0.6 is 23.4 Å². The molecule has 0 saturated carbocycles. The zero-order valence-corrected chi connectivity index (χ0v) is 19.3. The number of benzene rings is 1. The summed E-state index contributed by atoms with van der Waals surface area (Å²) in [5, 5.41) is 3.28. The van der Waals surface area contributed by atoms with Gasteiger partial charge in [0.1, 0.15) is 6.54 Å². The molecule has 0 bridgehead atoms. The fourth-order valence-corrected chi connectivity index (χ4v) is 4.78. The number of urea groups is 1. The summed E-state index contributed by atoms with van der Waals surface area (Å²) in [6.45, 7) is 10.7. The molecule has 1 aromatic rings. The highest BCUT2D eigenvalue weighted by molar-refractivity contribution is 8.15. The Labute approximate surface area is 190 Å². The Bertz CT molecular complexity index is 1000. The van der Waals surface area contributed by atoms with Gasteiger partial charge in [0, 0.05) is 17.3 Å². The summed E-state index contributed by atoms with van der Waals surface area (Å²) < 4.78 is 2.01. The number of rotatable bonds is 7. The molecule has 1 aromatic carbocycles. The van der Waals surface area contributed by atoms with Crippen LogP contribution in [-0.4, -0.2) is 74.7 Å². The number of thioether (sulfide) groups is 1. The number of nitrogens with zero attached hydrogens (tertiary/aromatic N) is 4. The van der Waals surface area contributed by atoms with Crippen LogP contribution in [0.2, 0.25) is 5.02 Å². The number of aryl methyl sites for hydroxylation is 1. The van der Waals surface area contributed by atoms with Gasteiger partial charge in [-0.25, -0.2) is 9.69 Å². The monoisotopic (exact) mass is 462 g/mol. The first-order chi connectivity index (χ1) is 14.8. The Morgan fingerprint density at radius 1 is 1.32 bits per heavy atom. The van der Waals surface area contributed by atoms with Gasteiger partial charge in [-0.05, 0) is 55.2 Å². The second-order valence-corrected chi connectivity index (χ2v) is 8.55. The molecular formula is C21H25ClN5O3S+. The van der Waals surface area contributed by atoms with E-state index in [1.165, 1.54) is 22.7 Å². The molecule has 1 unspecified atom stereocenters. The minimum atomic E-state index is -0.672. The lowest BCUT2D eigenvalue weighted by atomic mass is 10.2. The number of hydrogen-bond acceptors (Lipinski definition) is 4. The summed E-state index contributed by atoms with van der Waals surface area (Å²) in [6, 6.07) is 4.60. The van der Waals surface area contributed by atoms with Crippen LogP contribution < -0.4 is 5.32 Å². The maximum atomic E-state index is 13.1. The van der Waals surface area contributed by atoms with Gasteiger partial charge < -0.3 is 5.32 Å².